The number of nitrogens with one attached hydrogen (secondary N) is 1. The summed E-state index contributed by atoms with van der Waals surface area (Å²) in [6, 6.07) is 1.10. The first-order valence-corrected chi connectivity index (χ1v) is 5.72. The Bertz CT molecular complexity index is 415. The molecule has 1 aromatic carbocycles. The van der Waals surface area contributed by atoms with Crippen LogP contribution >= 0.6 is 0 Å². The normalized spacial score (nSPS) is 24.3. The summed E-state index contributed by atoms with van der Waals surface area (Å²) < 4.78 is 27.3. The average Bonchev–Trinajstić information content (AvgIpc) is 2.25. The average molecular weight is 225 g/mol. The Hall–Kier alpha value is -0.960. The van der Waals surface area contributed by atoms with Crippen molar-refractivity contribution in [2.45, 2.75) is 38.6 Å². The van der Waals surface area contributed by atoms with E-state index in [1.807, 2.05) is 14.0 Å². The first-order chi connectivity index (χ1) is 7.56. The number of fused-ring (bicyclic) bond motifs is 1. The molecule has 3 heteroatoms. The molecule has 1 aromatic rings. The Morgan fingerprint density at radius 1 is 1.19 bits per heavy atom. The van der Waals surface area contributed by atoms with Crippen LogP contribution in [0, 0.1) is 18.6 Å². The molecular weight excluding hydrogens is 208 g/mol. The molecule has 1 nitrogen and oxygen atoms in total. The Balaban J connectivity index is 2.67. The lowest BCUT2D eigenvalue weighted by Gasteiger charge is -2.31. The smallest absolute Gasteiger partial charge is 0.129 e. The van der Waals surface area contributed by atoms with Gasteiger partial charge in [-0.15, -0.1) is 0 Å². The van der Waals surface area contributed by atoms with E-state index in [4.69, 9.17) is 0 Å². The van der Waals surface area contributed by atoms with Crippen molar-refractivity contribution in [1.29, 1.82) is 0 Å². The third-order valence-corrected chi connectivity index (χ3v) is 3.64. The van der Waals surface area contributed by atoms with Crippen molar-refractivity contribution in [1.82, 2.24) is 5.32 Å². The topological polar surface area (TPSA) is 12.0 Å². The maximum absolute atomic E-state index is 13.8. The molecule has 0 bridgehead atoms. The number of benzene rings is 1. The quantitative estimate of drug-likeness (QED) is 0.772. The standard InChI is InChI=1S/C13H17F2N/c1-7-4-5-11(16-3)13-8(2)9(14)6-10(15)12(7)13/h6-7,11,16H,4-5H2,1-3H3. The van der Waals surface area contributed by atoms with E-state index in [9.17, 15) is 8.78 Å². The Morgan fingerprint density at radius 3 is 2.50 bits per heavy atom. The molecule has 88 valence electrons. The lowest BCUT2D eigenvalue weighted by molar-refractivity contribution is 0.432. The third kappa shape index (κ3) is 1.63. The number of rotatable bonds is 1. The summed E-state index contributed by atoms with van der Waals surface area (Å²) in [7, 11) is 1.84. The molecule has 1 N–H and O–H groups in total. The van der Waals surface area contributed by atoms with Gasteiger partial charge in [-0.3, -0.25) is 0 Å². The van der Waals surface area contributed by atoms with Crippen molar-refractivity contribution in [3.8, 4) is 0 Å². The summed E-state index contributed by atoms with van der Waals surface area (Å²) in [5.41, 5.74) is 2.12. The molecule has 0 saturated heterocycles. The van der Waals surface area contributed by atoms with Gasteiger partial charge >= 0.3 is 0 Å². The number of hydrogen-bond donors (Lipinski definition) is 1. The van der Waals surface area contributed by atoms with Gasteiger partial charge in [-0.25, -0.2) is 8.78 Å². The molecule has 0 aromatic heterocycles. The Morgan fingerprint density at radius 2 is 1.88 bits per heavy atom. The Labute approximate surface area is 94.9 Å². The molecule has 0 aliphatic heterocycles. The molecule has 0 fully saturated rings. The largest absolute Gasteiger partial charge is 0.313 e. The minimum absolute atomic E-state index is 0.0800. The maximum Gasteiger partial charge on any atom is 0.129 e. The zero-order chi connectivity index (χ0) is 11.9. The van der Waals surface area contributed by atoms with Crippen LogP contribution in [0.15, 0.2) is 6.07 Å². The first-order valence-electron chi connectivity index (χ1n) is 5.72. The van der Waals surface area contributed by atoms with Gasteiger partial charge in [0, 0.05) is 12.1 Å². The lowest BCUT2D eigenvalue weighted by atomic mass is 9.78. The second-order valence-corrected chi connectivity index (χ2v) is 4.61. The van der Waals surface area contributed by atoms with Gasteiger partial charge in [0.05, 0.1) is 0 Å². The summed E-state index contributed by atoms with van der Waals surface area (Å²) in [4.78, 5) is 0. The van der Waals surface area contributed by atoms with E-state index in [0.29, 0.717) is 11.1 Å². The van der Waals surface area contributed by atoms with Gasteiger partial charge in [-0.1, -0.05) is 6.92 Å². The highest BCUT2D eigenvalue weighted by atomic mass is 19.1. The molecule has 0 amide bonds. The second-order valence-electron chi connectivity index (χ2n) is 4.61. The van der Waals surface area contributed by atoms with Gasteiger partial charge in [-0.05, 0) is 49.4 Å². The fraction of sp³-hybridized carbons (Fsp3) is 0.538. The van der Waals surface area contributed by atoms with Crippen molar-refractivity contribution in [3.63, 3.8) is 0 Å². The van der Waals surface area contributed by atoms with Gasteiger partial charge in [0.15, 0.2) is 0 Å². The van der Waals surface area contributed by atoms with Crippen LogP contribution in [0.2, 0.25) is 0 Å². The molecule has 1 aliphatic carbocycles. The monoisotopic (exact) mass is 225 g/mol. The summed E-state index contributed by atoms with van der Waals surface area (Å²) in [6.45, 7) is 3.74. The van der Waals surface area contributed by atoms with Crippen LogP contribution in [0.4, 0.5) is 8.78 Å². The van der Waals surface area contributed by atoms with E-state index in [2.05, 4.69) is 5.32 Å². The van der Waals surface area contributed by atoms with Gasteiger partial charge in [-0.2, -0.15) is 0 Å². The zero-order valence-electron chi connectivity index (χ0n) is 9.90. The molecule has 2 atom stereocenters. The Kier molecular flexibility index (Phi) is 2.98. The zero-order valence-corrected chi connectivity index (χ0v) is 9.90. The minimum atomic E-state index is -0.439. The van der Waals surface area contributed by atoms with E-state index in [1.165, 1.54) is 0 Å². The molecule has 0 heterocycles. The van der Waals surface area contributed by atoms with Crippen molar-refractivity contribution in [3.05, 3.63) is 34.4 Å². The van der Waals surface area contributed by atoms with Crippen LogP contribution in [0.1, 0.15) is 48.4 Å². The summed E-state index contributed by atoms with van der Waals surface area (Å²) in [5, 5.41) is 3.14. The van der Waals surface area contributed by atoms with Crippen LogP contribution in [-0.4, -0.2) is 7.05 Å². The van der Waals surface area contributed by atoms with Crippen molar-refractivity contribution in [2.24, 2.45) is 0 Å². The van der Waals surface area contributed by atoms with Crippen LogP contribution in [0.3, 0.4) is 0 Å². The number of halogens is 2. The highest BCUT2D eigenvalue weighted by molar-refractivity contribution is 5.42. The summed E-state index contributed by atoms with van der Waals surface area (Å²) >= 11 is 0. The van der Waals surface area contributed by atoms with Gasteiger partial charge in [0.2, 0.25) is 0 Å². The summed E-state index contributed by atoms with van der Waals surface area (Å²) in [5.74, 6) is -0.657. The van der Waals surface area contributed by atoms with Crippen LogP contribution in [0.5, 0.6) is 0 Å². The van der Waals surface area contributed by atoms with Crippen LogP contribution in [-0.2, 0) is 0 Å². The molecule has 2 unspecified atom stereocenters. The number of hydrogen-bond acceptors (Lipinski definition) is 1. The van der Waals surface area contributed by atoms with E-state index < -0.39 is 11.6 Å². The third-order valence-electron chi connectivity index (χ3n) is 3.64. The van der Waals surface area contributed by atoms with Gasteiger partial charge in [0.1, 0.15) is 11.6 Å². The SMILES string of the molecule is CNC1CCC(C)c2c(F)cc(F)c(C)c21. The minimum Gasteiger partial charge on any atom is -0.313 e. The molecule has 0 radical (unpaired) electrons. The van der Waals surface area contributed by atoms with Crippen LogP contribution in [0.25, 0.3) is 0 Å². The van der Waals surface area contributed by atoms with Crippen molar-refractivity contribution in [2.75, 3.05) is 7.05 Å². The molecule has 1 aliphatic rings. The highest BCUT2D eigenvalue weighted by Gasteiger charge is 2.29. The highest BCUT2D eigenvalue weighted by Crippen LogP contribution is 2.40. The molecule has 0 saturated carbocycles. The predicted molar refractivity (Wildman–Crippen MR) is 60.5 cm³/mol. The molecular formula is C13H17F2N. The summed E-state index contributed by atoms with van der Waals surface area (Å²) in [6.07, 6.45) is 1.88. The predicted octanol–water partition coefficient (Wildman–Crippen LogP) is 3.43. The van der Waals surface area contributed by atoms with Crippen LogP contribution < -0.4 is 5.32 Å². The first kappa shape index (κ1) is 11.5. The lowest BCUT2D eigenvalue weighted by Crippen LogP contribution is -2.25. The fourth-order valence-electron chi connectivity index (χ4n) is 2.70. The van der Waals surface area contributed by atoms with E-state index in [-0.39, 0.29) is 12.0 Å². The van der Waals surface area contributed by atoms with Crippen molar-refractivity contribution >= 4 is 0 Å². The van der Waals surface area contributed by atoms with E-state index in [0.717, 1.165) is 24.5 Å². The molecule has 0 spiro atoms. The molecule has 16 heavy (non-hydrogen) atoms. The second kappa shape index (κ2) is 4.13. The van der Waals surface area contributed by atoms with Crippen molar-refractivity contribution < 1.29 is 8.78 Å². The van der Waals surface area contributed by atoms with Gasteiger partial charge < -0.3 is 5.32 Å². The maximum atomic E-state index is 13.8. The van der Waals surface area contributed by atoms with E-state index in [1.54, 1.807) is 6.92 Å². The molecule has 2 rings (SSSR count). The van der Waals surface area contributed by atoms with Gasteiger partial charge in [0.25, 0.3) is 0 Å². The van der Waals surface area contributed by atoms with E-state index >= 15 is 0 Å². The fourth-order valence-corrected chi connectivity index (χ4v) is 2.70.